The predicted molar refractivity (Wildman–Crippen MR) is 448 cm³/mol. The third-order valence-electron chi connectivity index (χ3n) is 12.0. The van der Waals surface area contributed by atoms with E-state index in [1.807, 2.05) is 77.9 Å². The first-order valence-electron chi connectivity index (χ1n) is 37.2. The van der Waals surface area contributed by atoms with Crippen LogP contribution in [-0.2, 0) is 107 Å². The van der Waals surface area contributed by atoms with Crippen molar-refractivity contribution in [2.45, 2.75) is 254 Å². The summed E-state index contributed by atoms with van der Waals surface area (Å²) in [5, 5.41) is 0. The number of methoxy groups -OCH3 is 1. The lowest BCUT2D eigenvalue weighted by Gasteiger charge is -2.21. The van der Waals surface area contributed by atoms with Crippen molar-refractivity contribution < 1.29 is 105 Å². The topological polar surface area (TPSA) is 289 Å². The van der Waals surface area contributed by atoms with Crippen LogP contribution >= 0.6 is 0 Å². The van der Waals surface area contributed by atoms with E-state index >= 15 is 0 Å². The highest BCUT2D eigenvalue weighted by Gasteiger charge is 2.18. The highest BCUT2D eigenvalue weighted by Crippen LogP contribution is 2.21. The minimum absolute atomic E-state index is 0.0470. The van der Waals surface area contributed by atoms with Crippen molar-refractivity contribution >= 4 is 65.7 Å². The molecule has 0 aliphatic heterocycles. The van der Waals surface area contributed by atoms with Gasteiger partial charge in [0.25, 0.3) is 0 Å². The standard InChI is InChI=1S/C11H12O2.C10H16O2.C10H10O2.C10H18O2.3C8H14O2.2C7H12O2.C6H10O2.C5H8O2/c1-9(2)11(12)13-8-10-6-4-3-5-7-10;2*1-8(2)10(11)12-9-6-4-3-5-7-9;1-4-5-6-7-8-12-10(11)9(2)3;1-6(2)7(9)10-8(3,4)5;1-6(2)5-10-8(9)7(3)4;1-4-5-6-10-8(9)7(2)3;1-5(2)7(8)9-6(3)4;1-4-5-9-7(8)6(2)3;1-4-8-6(7)5(2)3;1-4(2)5(6)7-3/h3-7H,1,8H2,2H3;9H,1,3-7H2,2H3;3-7H,1H2,2H3;2,4-8H2,1,3H3;1H2,2-5H3;6H,3,5H2,1-2,4H3;2,4-6H2,1,3H3;6H,1H2,2-4H3;2,4-5H2,1,3H3;2,4H2,1,3H3;1H2,2-3H3. The molecule has 1 aliphatic carbocycles. The Kier molecular flexibility index (Phi) is 78.5. The number of esters is 11. The SMILES string of the molecule is C=C(C)C(=O)OC.C=C(C)C(=O)OC(C)(C)C.C=C(C)C(=O)OC(C)C.C=C(C)C(=O)OC1CCCCC1.C=C(C)C(=O)OCC.C=C(C)C(=O)OCC(C)C.C=C(C)C(=O)OCCC.C=C(C)C(=O)OCCCC.C=C(C)C(=O)OCCCCCC.C=C(C)C(=O)OCc1ccccc1.C=C(C)C(=O)Oc1ccccc1. The molecule has 0 atom stereocenters. The van der Waals surface area contributed by atoms with Crippen LogP contribution in [0.25, 0.3) is 0 Å². The van der Waals surface area contributed by atoms with Gasteiger partial charge in [-0.05, 0) is 186 Å². The third kappa shape index (κ3) is 87.0. The van der Waals surface area contributed by atoms with Gasteiger partial charge < -0.3 is 52.1 Å². The second-order valence-corrected chi connectivity index (χ2v) is 27.0. The monoisotopic (exact) mass is 1570 g/mol. The maximum atomic E-state index is 11.1. The van der Waals surface area contributed by atoms with Gasteiger partial charge in [0.2, 0.25) is 0 Å². The Labute approximate surface area is 672 Å². The zero-order chi connectivity index (χ0) is 88.7. The van der Waals surface area contributed by atoms with Gasteiger partial charge in [-0.25, -0.2) is 52.7 Å². The lowest BCUT2D eigenvalue weighted by molar-refractivity contribution is -0.150. The van der Waals surface area contributed by atoms with Crippen molar-refractivity contribution in [1.29, 1.82) is 0 Å². The van der Waals surface area contributed by atoms with Crippen LogP contribution in [0.1, 0.15) is 235 Å². The van der Waals surface area contributed by atoms with Gasteiger partial charge >= 0.3 is 65.7 Å². The molecule has 22 nitrogen and oxygen atoms in total. The van der Waals surface area contributed by atoms with Crippen molar-refractivity contribution in [2.24, 2.45) is 5.92 Å². The fourth-order valence-corrected chi connectivity index (χ4v) is 6.01. The molecule has 3 rings (SSSR count). The molecule has 0 bridgehead atoms. The molecule has 0 unspecified atom stereocenters. The van der Waals surface area contributed by atoms with Crippen LogP contribution in [0.4, 0.5) is 0 Å². The number of carbonyl (C=O) groups excluding carboxylic acids is 11. The predicted octanol–water partition coefficient (Wildman–Crippen LogP) is 20.1. The summed E-state index contributed by atoms with van der Waals surface area (Å²) in [6.45, 7) is 79.8. The Morgan fingerprint density at radius 3 is 1.04 bits per heavy atom. The van der Waals surface area contributed by atoms with Crippen LogP contribution in [0.15, 0.2) is 194 Å². The van der Waals surface area contributed by atoms with Gasteiger partial charge in [-0.3, -0.25) is 0 Å². The first-order valence-corrected chi connectivity index (χ1v) is 37.2. The van der Waals surface area contributed by atoms with Crippen molar-refractivity contribution in [3.05, 3.63) is 200 Å². The first kappa shape index (κ1) is 118. The third-order valence-corrected chi connectivity index (χ3v) is 12.0. The van der Waals surface area contributed by atoms with E-state index < -0.39 is 5.60 Å². The Morgan fingerprint density at radius 1 is 0.384 bits per heavy atom. The van der Waals surface area contributed by atoms with E-state index in [1.54, 1.807) is 121 Å². The normalized spacial score (nSPS) is 10.2. The molecule has 0 heterocycles. The van der Waals surface area contributed by atoms with E-state index in [1.165, 1.54) is 39.2 Å². The summed E-state index contributed by atoms with van der Waals surface area (Å²) in [4.78, 5) is 118. The van der Waals surface area contributed by atoms with Gasteiger partial charge in [0.05, 0.1) is 46.2 Å². The Balaban J connectivity index is -0.000000178. The minimum atomic E-state index is -0.407. The van der Waals surface area contributed by atoms with Crippen LogP contribution in [0.2, 0.25) is 0 Å². The molecule has 0 aromatic heterocycles. The number of rotatable bonds is 29. The molecular weight excluding hydrogens is 1430 g/mol. The van der Waals surface area contributed by atoms with E-state index in [9.17, 15) is 52.7 Å². The minimum Gasteiger partial charge on any atom is -0.466 e. The number of ether oxygens (including phenoxy) is 11. The van der Waals surface area contributed by atoms with Crippen LogP contribution in [0.5, 0.6) is 5.75 Å². The molecule has 22 heteroatoms. The summed E-state index contributed by atoms with van der Waals surface area (Å²) >= 11 is 0. The van der Waals surface area contributed by atoms with E-state index in [4.69, 9.17) is 42.6 Å². The second-order valence-electron chi connectivity index (χ2n) is 27.0. The van der Waals surface area contributed by atoms with Gasteiger partial charge in [-0.15, -0.1) is 0 Å². The first-order chi connectivity index (χ1) is 51.9. The van der Waals surface area contributed by atoms with Gasteiger partial charge in [0.1, 0.15) is 24.1 Å². The molecule has 0 radical (unpaired) electrons. The molecule has 1 aliphatic rings. The Bertz CT molecular complexity index is 3220. The zero-order valence-corrected chi connectivity index (χ0v) is 72.5. The molecule has 0 saturated heterocycles. The van der Waals surface area contributed by atoms with Gasteiger partial charge in [-0.2, -0.15) is 0 Å². The van der Waals surface area contributed by atoms with Crippen molar-refractivity contribution in [1.82, 2.24) is 0 Å². The summed E-state index contributed by atoms with van der Waals surface area (Å²) in [5.41, 5.74) is 5.54. The fourth-order valence-electron chi connectivity index (χ4n) is 6.01. The van der Waals surface area contributed by atoms with Gasteiger partial charge in [0, 0.05) is 61.3 Å². The molecule has 0 spiro atoms. The average Bonchev–Trinajstić information content (AvgIpc) is 0.934. The van der Waals surface area contributed by atoms with Crippen molar-refractivity contribution in [3.63, 3.8) is 0 Å². The highest BCUT2D eigenvalue weighted by atomic mass is 16.6. The van der Waals surface area contributed by atoms with E-state index in [0.717, 1.165) is 50.5 Å². The maximum Gasteiger partial charge on any atom is 0.338 e. The van der Waals surface area contributed by atoms with Crippen LogP contribution in [0.3, 0.4) is 0 Å². The Morgan fingerprint density at radius 2 is 0.741 bits per heavy atom. The largest absolute Gasteiger partial charge is 0.466 e. The number of hydrogen-bond acceptors (Lipinski definition) is 22. The molecule has 1 fully saturated rings. The van der Waals surface area contributed by atoms with E-state index in [2.05, 4.69) is 95.7 Å². The van der Waals surface area contributed by atoms with E-state index in [-0.39, 0.29) is 77.9 Å². The van der Waals surface area contributed by atoms with Gasteiger partial charge in [-0.1, -0.05) is 188 Å². The number of benzene rings is 2. The number of unbranched alkanes of at least 4 members (excludes halogenated alkanes) is 4. The second kappa shape index (κ2) is 74.8. The van der Waals surface area contributed by atoms with Gasteiger partial charge in [0.15, 0.2) is 0 Å². The highest BCUT2D eigenvalue weighted by molar-refractivity contribution is 5.91. The molecule has 1 saturated carbocycles. The summed E-state index contributed by atoms with van der Waals surface area (Å²) < 4.78 is 52.9. The molecular formula is C90H140O22. The number of para-hydroxylation sites is 1. The van der Waals surface area contributed by atoms with Crippen LogP contribution < -0.4 is 4.74 Å². The van der Waals surface area contributed by atoms with Crippen LogP contribution in [-0.4, -0.2) is 124 Å². The molecule has 0 amide bonds. The summed E-state index contributed by atoms with van der Waals surface area (Å²) in [7, 11) is 1.33. The quantitative estimate of drug-likeness (QED) is 0.0240. The summed E-state index contributed by atoms with van der Waals surface area (Å²) in [5.74, 6) is -2.48. The van der Waals surface area contributed by atoms with E-state index in [0.29, 0.717) is 113 Å². The summed E-state index contributed by atoms with van der Waals surface area (Å²) in [6, 6.07) is 18.5. The molecule has 112 heavy (non-hydrogen) atoms. The molecule has 632 valence electrons. The molecule has 0 N–H and O–H groups in total. The smallest absolute Gasteiger partial charge is 0.338 e. The fraction of sp³-hybridized carbons (Fsp3) is 0.500. The summed E-state index contributed by atoms with van der Waals surface area (Å²) in [6.07, 6.45) is 13.2. The van der Waals surface area contributed by atoms with Crippen molar-refractivity contribution in [3.8, 4) is 5.75 Å². The molecule has 2 aromatic carbocycles. The maximum absolute atomic E-state index is 11.1. The number of hydrogen-bond donors (Lipinski definition) is 0. The van der Waals surface area contributed by atoms with Crippen LogP contribution in [0, 0.1) is 5.92 Å². The zero-order valence-electron chi connectivity index (χ0n) is 72.5. The lowest BCUT2D eigenvalue weighted by Crippen LogP contribution is -2.23. The number of carbonyl (C=O) groups is 11. The van der Waals surface area contributed by atoms with Crippen molar-refractivity contribution in [2.75, 3.05) is 40.1 Å². The Hall–Kier alpha value is -10.3. The lowest BCUT2D eigenvalue weighted by atomic mass is 9.98. The molecule has 2 aromatic rings. The average molecular weight is 1570 g/mol.